The van der Waals surface area contributed by atoms with Gasteiger partial charge in [-0.25, -0.2) is 14.8 Å². The lowest BCUT2D eigenvalue weighted by molar-refractivity contribution is 0.0698. The summed E-state index contributed by atoms with van der Waals surface area (Å²) in [4.78, 5) is 19.3. The molecule has 0 atom stereocenters. The highest BCUT2D eigenvalue weighted by Gasteiger charge is 2.16. The van der Waals surface area contributed by atoms with Crippen LogP contribution in [0.4, 0.5) is 5.82 Å². The first-order chi connectivity index (χ1) is 8.52. The fourth-order valence-corrected chi connectivity index (χ4v) is 1.89. The number of aryl methyl sites for hydroxylation is 1. The van der Waals surface area contributed by atoms with Crippen molar-refractivity contribution >= 4 is 23.5 Å². The molecule has 0 fully saturated rings. The van der Waals surface area contributed by atoms with Crippen LogP contribution in [-0.4, -0.2) is 37.1 Å². The average Bonchev–Trinajstić information content (AvgIpc) is 2.70. The molecule has 3 N–H and O–H groups in total. The van der Waals surface area contributed by atoms with E-state index >= 15 is 0 Å². The van der Waals surface area contributed by atoms with Crippen molar-refractivity contribution in [3.63, 3.8) is 0 Å². The van der Waals surface area contributed by atoms with Crippen molar-refractivity contribution in [2.45, 2.75) is 11.9 Å². The minimum Gasteiger partial charge on any atom is -0.477 e. The lowest BCUT2D eigenvalue weighted by Crippen LogP contribution is -2.08. The zero-order chi connectivity index (χ0) is 13.3. The predicted octanol–water partition coefficient (Wildman–Crippen LogP) is 0.973. The second-order valence-electron chi connectivity index (χ2n) is 3.48. The van der Waals surface area contributed by atoms with Crippen molar-refractivity contribution < 1.29 is 9.90 Å². The van der Waals surface area contributed by atoms with Gasteiger partial charge in [0.25, 0.3) is 0 Å². The Morgan fingerprint density at radius 2 is 2.22 bits per heavy atom. The summed E-state index contributed by atoms with van der Waals surface area (Å²) in [6.07, 6.45) is 3.09. The largest absolute Gasteiger partial charge is 0.477 e. The van der Waals surface area contributed by atoms with Crippen molar-refractivity contribution in [3.8, 4) is 5.82 Å². The van der Waals surface area contributed by atoms with Gasteiger partial charge >= 0.3 is 5.97 Å². The van der Waals surface area contributed by atoms with Crippen LogP contribution in [0.3, 0.4) is 0 Å². The number of carbonyl (C=O) groups is 1. The minimum absolute atomic E-state index is 0.0445. The summed E-state index contributed by atoms with van der Waals surface area (Å²) in [7, 11) is 0. The first-order valence-corrected chi connectivity index (χ1v) is 6.22. The third-order valence-corrected chi connectivity index (χ3v) is 2.89. The molecule has 7 nitrogen and oxygen atoms in total. The Morgan fingerprint density at radius 3 is 2.78 bits per heavy atom. The molecule has 18 heavy (non-hydrogen) atoms. The summed E-state index contributed by atoms with van der Waals surface area (Å²) in [5, 5.41) is 13.6. The summed E-state index contributed by atoms with van der Waals surface area (Å²) >= 11 is 1.46. The van der Waals surface area contributed by atoms with Crippen molar-refractivity contribution in [3.05, 3.63) is 23.7 Å². The van der Waals surface area contributed by atoms with Gasteiger partial charge in [0.05, 0.1) is 6.20 Å². The van der Waals surface area contributed by atoms with Crippen LogP contribution in [0.2, 0.25) is 0 Å². The maximum atomic E-state index is 10.9. The number of aromatic carboxylic acids is 1. The van der Waals surface area contributed by atoms with E-state index in [2.05, 4.69) is 15.1 Å². The third-order valence-electron chi connectivity index (χ3n) is 2.26. The molecule has 2 aromatic heterocycles. The third kappa shape index (κ3) is 2.14. The van der Waals surface area contributed by atoms with E-state index in [1.54, 1.807) is 13.0 Å². The normalized spacial score (nSPS) is 10.6. The number of nitrogens with two attached hydrogens (primary N) is 1. The molecule has 94 valence electrons. The Kier molecular flexibility index (Phi) is 3.19. The maximum absolute atomic E-state index is 10.9. The molecule has 0 spiro atoms. The van der Waals surface area contributed by atoms with Gasteiger partial charge in [-0.2, -0.15) is 9.78 Å². The maximum Gasteiger partial charge on any atom is 0.341 e. The number of rotatable bonds is 3. The number of hydrogen-bond acceptors (Lipinski definition) is 6. The van der Waals surface area contributed by atoms with Crippen LogP contribution in [-0.2, 0) is 0 Å². The smallest absolute Gasteiger partial charge is 0.341 e. The van der Waals surface area contributed by atoms with E-state index in [0.717, 1.165) is 5.03 Å². The van der Waals surface area contributed by atoms with Gasteiger partial charge in [0.15, 0.2) is 5.82 Å². The predicted molar refractivity (Wildman–Crippen MR) is 67.0 cm³/mol. The fourth-order valence-electron chi connectivity index (χ4n) is 1.44. The van der Waals surface area contributed by atoms with E-state index < -0.39 is 5.97 Å². The summed E-state index contributed by atoms with van der Waals surface area (Å²) in [5.74, 6) is -0.0391. The van der Waals surface area contributed by atoms with Crippen LogP contribution in [0, 0.1) is 6.92 Å². The molecule has 2 heterocycles. The number of carboxylic acid groups (broad SMARTS) is 1. The Morgan fingerprint density at radius 1 is 1.50 bits per heavy atom. The van der Waals surface area contributed by atoms with E-state index in [-0.39, 0.29) is 11.4 Å². The Bertz CT molecular complexity index is 610. The quantitative estimate of drug-likeness (QED) is 0.629. The van der Waals surface area contributed by atoms with Gasteiger partial charge < -0.3 is 10.8 Å². The molecular weight excluding hydrogens is 254 g/mol. The number of thioether (sulfide) groups is 1. The minimum atomic E-state index is -1.12. The Hall–Kier alpha value is -2.09. The zero-order valence-corrected chi connectivity index (χ0v) is 10.6. The molecule has 0 saturated heterocycles. The number of nitrogens with zero attached hydrogens (tertiary/aromatic N) is 4. The van der Waals surface area contributed by atoms with Crippen molar-refractivity contribution in [2.24, 2.45) is 0 Å². The Labute approximate surface area is 107 Å². The van der Waals surface area contributed by atoms with Gasteiger partial charge in [-0.15, -0.1) is 11.8 Å². The van der Waals surface area contributed by atoms with Gasteiger partial charge in [0.1, 0.15) is 22.2 Å². The zero-order valence-electron chi connectivity index (χ0n) is 9.78. The number of aromatic nitrogens is 4. The van der Waals surface area contributed by atoms with Crippen molar-refractivity contribution in [1.82, 2.24) is 19.7 Å². The van der Waals surface area contributed by atoms with E-state index in [0.29, 0.717) is 11.6 Å². The van der Waals surface area contributed by atoms with Crippen LogP contribution < -0.4 is 5.73 Å². The monoisotopic (exact) mass is 265 g/mol. The SMILES string of the molecule is CSc1cc(-n2ncc(C(=O)O)c2N)nc(C)n1. The summed E-state index contributed by atoms with van der Waals surface area (Å²) in [5.41, 5.74) is 5.69. The van der Waals surface area contributed by atoms with Gasteiger partial charge in [0, 0.05) is 6.07 Å². The van der Waals surface area contributed by atoms with Crippen molar-refractivity contribution in [2.75, 3.05) is 12.0 Å². The molecule has 0 bridgehead atoms. The van der Waals surface area contributed by atoms with E-state index in [1.165, 1.54) is 22.6 Å². The number of carboxylic acids is 1. The molecule has 2 aromatic rings. The highest BCUT2D eigenvalue weighted by molar-refractivity contribution is 7.98. The first-order valence-electron chi connectivity index (χ1n) is 4.99. The Balaban J connectivity index is 2.55. The van der Waals surface area contributed by atoms with Crippen LogP contribution in [0.25, 0.3) is 5.82 Å². The lowest BCUT2D eigenvalue weighted by Gasteiger charge is -2.06. The fraction of sp³-hybridized carbons (Fsp3) is 0.200. The molecule has 0 radical (unpaired) electrons. The van der Waals surface area contributed by atoms with E-state index in [1.807, 2.05) is 6.26 Å². The first kappa shape index (κ1) is 12.4. The van der Waals surface area contributed by atoms with Crippen molar-refractivity contribution in [1.29, 1.82) is 0 Å². The second kappa shape index (κ2) is 4.65. The highest BCUT2D eigenvalue weighted by Crippen LogP contribution is 2.19. The van der Waals surface area contributed by atoms with Gasteiger partial charge in [-0.05, 0) is 13.2 Å². The number of hydrogen-bond donors (Lipinski definition) is 2. The topological polar surface area (TPSA) is 107 Å². The van der Waals surface area contributed by atoms with E-state index in [4.69, 9.17) is 10.8 Å². The average molecular weight is 265 g/mol. The summed E-state index contributed by atoms with van der Waals surface area (Å²) < 4.78 is 1.29. The molecule has 0 aliphatic rings. The molecular formula is C10H11N5O2S. The summed E-state index contributed by atoms with van der Waals surface area (Å²) in [6, 6.07) is 1.70. The molecule has 8 heteroatoms. The number of nitrogen functional groups attached to an aromatic ring is 1. The molecule has 0 aromatic carbocycles. The molecule has 0 saturated carbocycles. The standard InChI is InChI=1S/C10H11N5O2S/c1-5-13-7(3-8(14-5)18-2)15-9(11)6(4-12-15)10(16)17/h3-4H,11H2,1-2H3,(H,16,17). The highest BCUT2D eigenvalue weighted by atomic mass is 32.2. The van der Waals surface area contributed by atoms with Gasteiger partial charge in [-0.1, -0.05) is 0 Å². The van der Waals surface area contributed by atoms with Crippen LogP contribution in [0.15, 0.2) is 17.3 Å². The second-order valence-corrected chi connectivity index (χ2v) is 4.30. The molecule has 0 aliphatic heterocycles. The van der Waals surface area contributed by atoms with Crippen LogP contribution in [0.1, 0.15) is 16.2 Å². The molecule has 0 aliphatic carbocycles. The van der Waals surface area contributed by atoms with Crippen LogP contribution >= 0.6 is 11.8 Å². The van der Waals surface area contributed by atoms with Crippen LogP contribution in [0.5, 0.6) is 0 Å². The van der Waals surface area contributed by atoms with E-state index in [9.17, 15) is 4.79 Å². The lowest BCUT2D eigenvalue weighted by atomic mass is 10.3. The number of anilines is 1. The molecule has 0 unspecified atom stereocenters. The molecule has 0 amide bonds. The van der Waals surface area contributed by atoms with Gasteiger partial charge in [0.2, 0.25) is 0 Å². The summed E-state index contributed by atoms with van der Waals surface area (Å²) in [6.45, 7) is 1.75. The molecule has 2 rings (SSSR count). The van der Waals surface area contributed by atoms with Gasteiger partial charge in [-0.3, -0.25) is 0 Å².